The number of aromatic nitrogens is 1. The third kappa shape index (κ3) is 2.38. The molecule has 1 aliphatic rings. The number of hydrogen-bond acceptors (Lipinski definition) is 2. The van der Waals surface area contributed by atoms with Crippen LogP contribution in [0.15, 0.2) is 22.3 Å². The summed E-state index contributed by atoms with van der Waals surface area (Å²) in [5, 5.41) is 9.15. The van der Waals surface area contributed by atoms with Gasteiger partial charge in [-0.15, -0.1) is 0 Å². The number of aromatic amines is 1. The van der Waals surface area contributed by atoms with Gasteiger partial charge >= 0.3 is 5.97 Å². The van der Waals surface area contributed by atoms with Crippen molar-refractivity contribution in [2.24, 2.45) is 4.99 Å². The van der Waals surface area contributed by atoms with Crippen molar-refractivity contribution < 1.29 is 9.90 Å². The molecule has 0 radical (unpaired) electrons. The lowest BCUT2D eigenvalue weighted by Gasteiger charge is -1.97. The molecule has 4 nitrogen and oxygen atoms in total. The van der Waals surface area contributed by atoms with Gasteiger partial charge in [0.15, 0.2) is 0 Å². The predicted octanol–water partition coefficient (Wildman–Crippen LogP) is 3.35. The van der Waals surface area contributed by atoms with E-state index < -0.39 is 5.97 Å². The van der Waals surface area contributed by atoms with Crippen molar-refractivity contribution in [3.8, 4) is 0 Å². The first-order valence-electron chi connectivity index (χ1n) is 6.34. The molecule has 2 N–H and O–H groups in total. The lowest BCUT2D eigenvalue weighted by molar-refractivity contribution is 0.0690. The molecule has 2 heterocycles. The summed E-state index contributed by atoms with van der Waals surface area (Å²) >= 11 is 0. The van der Waals surface area contributed by atoms with Crippen molar-refractivity contribution in [3.63, 3.8) is 0 Å². The summed E-state index contributed by atoms with van der Waals surface area (Å²) in [5.74, 6) is -0.922. The number of carboxylic acid groups (broad SMARTS) is 1. The number of carboxylic acids is 1. The molecule has 2 rings (SSSR count). The van der Waals surface area contributed by atoms with Crippen LogP contribution < -0.4 is 0 Å². The molecule has 0 bridgehead atoms. The predicted molar refractivity (Wildman–Crippen MR) is 76.7 cm³/mol. The maximum absolute atomic E-state index is 11.2. The molecule has 0 saturated carbocycles. The molecule has 0 amide bonds. The number of carbonyl (C=O) groups is 1. The standard InChI is InChI=1S/C15H18N2O2/c1-5-12-9(3)14(15(18)19)17-13(12)7-11-6-8(2)10(4)16-11/h6-7,17H,5H2,1-4H3,(H,18,19)/b11-7-. The second-order valence-corrected chi connectivity index (χ2v) is 4.77. The first-order valence-corrected chi connectivity index (χ1v) is 6.34. The Morgan fingerprint density at radius 1 is 1.42 bits per heavy atom. The molecule has 0 atom stereocenters. The average molecular weight is 258 g/mol. The van der Waals surface area contributed by atoms with Crippen LogP contribution in [0.1, 0.15) is 48.1 Å². The molecule has 1 aliphatic heterocycles. The molecular weight excluding hydrogens is 240 g/mol. The van der Waals surface area contributed by atoms with E-state index in [4.69, 9.17) is 5.11 Å². The zero-order valence-corrected chi connectivity index (χ0v) is 11.7. The third-order valence-corrected chi connectivity index (χ3v) is 3.50. The lowest BCUT2D eigenvalue weighted by atomic mass is 10.1. The van der Waals surface area contributed by atoms with Gasteiger partial charge in [-0.25, -0.2) is 4.79 Å². The van der Waals surface area contributed by atoms with Crippen LogP contribution in [-0.4, -0.2) is 21.8 Å². The number of hydrogen-bond donors (Lipinski definition) is 2. The van der Waals surface area contributed by atoms with Crippen LogP contribution >= 0.6 is 0 Å². The highest BCUT2D eigenvalue weighted by Gasteiger charge is 2.17. The second kappa shape index (κ2) is 4.88. The summed E-state index contributed by atoms with van der Waals surface area (Å²) in [7, 11) is 0. The van der Waals surface area contributed by atoms with E-state index in [2.05, 4.69) is 9.98 Å². The second-order valence-electron chi connectivity index (χ2n) is 4.77. The Labute approximate surface area is 112 Å². The Morgan fingerprint density at radius 2 is 2.11 bits per heavy atom. The van der Waals surface area contributed by atoms with Gasteiger partial charge in [0.1, 0.15) is 5.69 Å². The van der Waals surface area contributed by atoms with Crippen LogP contribution in [0.2, 0.25) is 0 Å². The van der Waals surface area contributed by atoms with Gasteiger partial charge in [0, 0.05) is 11.4 Å². The highest BCUT2D eigenvalue weighted by atomic mass is 16.4. The number of aromatic carboxylic acids is 1. The molecule has 100 valence electrons. The largest absolute Gasteiger partial charge is 0.477 e. The Hall–Kier alpha value is -2.10. The van der Waals surface area contributed by atoms with Gasteiger partial charge in [-0.2, -0.15) is 0 Å². The minimum atomic E-state index is -0.922. The fraction of sp³-hybridized carbons (Fsp3) is 0.333. The number of allylic oxidation sites excluding steroid dienone is 2. The van der Waals surface area contributed by atoms with Gasteiger partial charge in [0.25, 0.3) is 0 Å². The van der Waals surface area contributed by atoms with E-state index in [1.807, 2.05) is 39.8 Å². The lowest BCUT2D eigenvalue weighted by Crippen LogP contribution is -1.98. The Balaban J connectivity index is 2.50. The summed E-state index contributed by atoms with van der Waals surface area (Å²) in [6.07, 6.45) is 4.71. The fourth-order valence-electron chi connectivity index (χ4n) is 2.31. The molecule has 1 aromatic rings. The summed E-state index contributed by atoms with van der Waals surface area (Å²) < 4.78 is 0. The smallest absolute Gasteiger partial charge is 0.352 e. The van der Waals surface area contributed by atoms with Gasteiger partial charge in [-0.05, 0) is 56.0 Å². The highest BCUT2D eigenvalue weighted by Crippen LogP contribution is 2.24. The van der Waals surface area contributed by atoms with Crippen molar-refractivity contribution in [2.45, 2.75) is 34.1 Å². The fourth-order valence-corrected chi connectivity index (χ4v) is 2.31. The molecule has 0 fully saturated rings. The number of H-pyrrole nitrogens is 1. The molecule has 1 aromatic heterocycles. The van der Waals surface area contributed by atoms with E-state index in [0.29, 0.717) is 0 Å². The van der Waals surface area contributed by atoms with E-state index in [9.17, 15) is 4.79 Å². The molecule has 4 heteroatoms. The average Bonchev–Trinajstić information content (AvgIpc) is 2.81. The van der Waals surface area contributed by atoms with Crippen molar-refractivity contribution in [3.05, 3.63) is 39.9 Å². The van der Waals surface area contributed by atoms with E-state index >= 15 is 0 Å². The van der Waals surface area contributed by atoms with Crippen molar-refractivity contribution in [1.29, 1.82) is 0 Å². The Bertz CT molecular complexity index is 611. The Morgan fingerprint density at radius 3 is 2.58 bits per heavy atom. The summed E-state index contributed by atoms with van der Waals surface area (Å²) in [5.41, 5.74) is 5.97. The minimum Gasteiger partial charge on any atom is -0.477 e. The van der Waals surface area contributed by atoms with Crippen molar-refractivity contribution >= 4 is 17.8 Å². The molecule has 19 heavy (non-hydrogen) atoms. The monoisotopic (exact) mass is 258 g/mol. The summed E-state index contributed by atoms with van der Waals surface area (Å²) in [4.78, 5) is 18.6. The van der Waals surface area contributed by atoms with Crippen molar-refractivity contribution in [1.82, 2.24) is 4.98 Å². The van der Waals surface area contributed by atoms with Gasteiger partial charge < -0.3 is 10.1 Å². The quantitative estimate of drug-likeness (QED) is 0.873. The van der Waals surface area contributed by atoms with E-state index in [1.54, 1.807) is 0 Å². The van der Waals surface area contributed by atoms with Crippen LogP contribution in [0, 0.1) is 6.92 Å². The maximum atomic E-state index is 11.2. The van der Waals surface area contributed by atoms with E-state index in [-0.39, 0.29) is 5.69 Å². The maximum Gasteiger partial charge on any atom is 0.352 e. The number of aliphatic imine (C=N–C) groups is 1. The highest BCUT2D eigenvalue weighted by molar-refractivity contribution is 6.02. The Kier molecular flexibility index (Phi) is 3.42. The first kappa shape index (κ1) is 13.3. The third-order valence-electron chi connectivity index (χ3n) is 3.50. The minimum absolute atomic E-state index is 0.267. The normalized spacial score (nSPS) is 16.7. The van der Waals surface area contributed by atoms with Gasteiger partial charge in [0.2, 0.25) is 0 Å². The zero-order chi connectivity index (χ0) is 14.2. The number of nitrogens with one attached hydrogen (secondary N) is 1. The summed E-state index contributed by atoms with van der Waals surface area (Å²) in [6, 6.07) is 0. The molecule has 0 spiro atoms. The molecule has 0 saturated heterocycles. The summed E-state index contributed by atoms with van der Waals surface area (Å²) in [6.45, 7) is 7.85. The first-order chi connectivity index (χ1) is 8.93. The number of rotatable bonds is 3. The zero-order valence-electron chi connectivity index (χ0n) is 11.7. The molecular formula is C15H18N2O2. The topological polar surface area (TPSA) is 65.5 Å². The molecule has 0 aromatic carbocycles. The number of nitrogens with zero attached hydrogens (tertiary/aromatic N) is 1. The van der Waals surface area contributed by atoms with Gasteiger partial charge in [-0.1, -0.05) is 6.92 Å². The van der Waals surface area contributed by atoms with Crippen molar-refractivity contribution in [2.75, 3.05) is 0 Å². The molecule has 0 unspecified atom stereocenters. The van der Waals surface area contributed by atoms with Crippen LogP contribution in [0.5, 0.6) is 0 Å². The molecule has 0 aliphatic carbocycles. The van der Waals surface area contributed by atoms with Gasteiger partial charge in [-0.3, -0.25) is 4.99 Å². The van der Waals surface area contributed by atoms with E-state index in [1.165, 1.54) is 0 Å². The van der Waals surface area contributed by atoms with Crippen LogP contribution in [0.3, 0.4) is 0 Å². The SMILES string of the molecule is CCc1c(/C=C2/C=C(C)C(C)=N2)[nH]c(C(=O)O)c1C. The van der Waals surface area contributed by atoms with Gasteiger partial charge in [0.05, 0.1) is 5.70 Å². The van der Waals surface area contributed by atoms with Crippen LogP contribution in [-0.2, 0) is 6.42 Å². The van der Waals surface area contributed by atoms with E-state index in [0.717, 1.165) is 40.2 Å². The van der Waals surface area contributed by atoms with Crippen LogP contribution in [0.25, 0.3) is 6.08 Å². The van der Waals surface area contributed by atoms with Crippen LogP contribution in [0.4, 0.5) is 0 Å².